The van der Waals surface area contributed by atoms with Gasteiger partial charge in [0.25, 0.3) is 0 Å². The Bertz CT molecular complexity index is 901. The Morgan fingerprint density at radius 2 is 1.78 bits per heavy atom. The summed E-state index contributed by atoms with van der Waals surface area (Å²) in [5.74, 6) is 1.34. The van der Waals surface area contributed by atoms with Gasteiger partial charge >= 0.3 is 0 Å². The number of guanidine groups is 1. The number of hydrogen-bond acceptors (Lipinski definition) is 5. The van der Waals surface area contributed by atoms with Gasteiger partial charge in [-0.3, -0.25) is 4.99 Å². The number of nitrogens with one attached hydrogen (secondary N) is 2. The molecule has 3 rings (SSSR count). The van der Waals surface area contributed by atoms with E-state index in [1.165, 1.54) is 10.4 Å². The molecule has 6 nitrogen and oxygen atoms in total. The number of halogens is 1. The Hall–Kier alpha value is -1.94. The highest BCUT2D eigenvalue weighted by Gasteiger charge is 2.09. The van der Waals surface area contributed by atoms with Crippen LogP contribution in [0.2, 0.25) is 0 Å². The molecule has 0 amide bonds. The first-order valence-electron chi connectivity index (χ1n) is 8.44. The highest BCUT2D eigenvalue weighted by Crippen LogP contribution is 2.19. The fraction of sp³-hybridized carbons (Fsp3) is 0.316. The van der Waals surface area contributed by atoms with Gasteiger partial charge in [-0.2, -0.15) is 0 Å². The molecule has 0 aliphatic heterocycles. The minimum Gasteiger partial charge on any atom is -0.444 e. The van der Waals surface area contributed by atoms with Gasteiger partial charge in [-0.25, -0.2) is 9.97 Å². The van der Waals surface area contributed by atoms with Crippen LogP contribution in [0, 0.1) is 20.8 Å². The third kappa shape index (κ3) is 5.77. The molecule has 1 aromatic carbocycles. The van der Waals surface area contributed by atoms with E-state index < -0.39 is 0 Å². The van der Waals surface area contributed by atoms with Crippen LogP contribution in [0.1, 0.15) is 26.8 Å². The zero-order chi connectivity index (χ0) is 18.5. The fourth-order valence-electron chi connectivity index (χ4n) is 2.51. The monoisotopic (exact) mass is 497 g/mol. The maximum atomic E-state index is 5.59. The van der Waals surface area contributed by atoms with Gasteiger partial charge in [-0.15, -0.1) is 35.3 Å². The second-order valence-corrected chi connectivity index (χ2v) is 7.32. The first kappa shape index (κ1) is 21.4. The van der Waals surface area contributed by atoms with Gasteiger partial charge in [0.2, 0.25) is 5.89 Å². The van der Waals surface area contributed by atoms with Crippen molar-refractivity contribution < 1.29 is 4.42 Å². The van der Waals surface area contributed by atoms with Crippen LogP contribution in [0.5, 0.6) is 0 Å². The Morgan fingerprint density at radius 3 is 2.41 bits per heavy atom. The van der Waals surface area contributed by atoms with Gasteiger partial charge < -0.3 is 15.1 Å². The molecule has 0 fully saturated rings. The SMILES string of the molecule is CN=C(NCc1coc(-c2ccc(C)cc2)n1)NCc1sc(C)nc1C.I. The molecule has 2 N–H and O–H groups in total. The predicted molar refractivity (Wildman–Crippen MR) is 121 cm³/mol. The number of aliphatic imine (C=N–C) groups is 1. The van der Waals surface area contributed by atoms with Crippen molar-refractivity contribution in [1.82, 2.24) is 20.6 Å². The summed E-state index contributed by atoms with van der Waals surface area (Å²) in [7, 11) is 1.75. The molecule has 3 aromatic rings. The van der Waals surface area contributed by atoms with Gasteiger partial charge in [0.15, 0.2) is 5.96 Å². The van der Waals surface area contributed by atoms with Crippen molar-refractivity contribution in [3.8, 4) is 11.5 Å². The molecule has 27 heavy (non-hydrogen) atoms. The van der Waals surface area contributed by atoms with E-state index in [9.17, 15) is 0 Å². The molecular weight excluding hydrogens is 473 g/mol. The highest BCUT2D eigenvalue weighted by molar-refractivity contribution is 14.0. The first-order valence-corrected chi connectivity index (χ1v) is 9.25. The number of benzene rings is 1. The zero-order valence-electron chi connectivity index (χ0n) is 15.9. The average Bonchev–Trinajstić information content (AvgIpc) is 3.22. The number of aromatic nitrogens is 2. The highest BCUT2D eigenvalue weighted by atomic mass is 127. The number of oxazole rings is 1. The van der Waals surface area contributed by atoms with E-state index >= 15 is 0 Å². The van der Waals surface area contributed by atoms with Gasteiger partial charge in [-0.05, 0) is 32.9 Å². The summed E-state index contributed by atoms with van der Waals surface area (Å²) in [6.07, 6.45) is 1.67. The lowest BCUT2D eigenvalue weighted by atomic mass is 10.1. The van der Waals surface area contributed by atoms with Gasteiger partial charge in [0, 0.05) is 17.5 Å². The average molecular weight is 497 g/mol. The van der Waals surface area contributed by atoms with Crippen molar-refractivity contribution in [3.05, 3.63) is 57.4 Å². The Kier molecular flexibility index (Phi) is 7.78. The van der Waals surface area contributed by atoms with Crippen LogP contribution in [0.25, 0.3) is 11.5 Å². The molecule has 2 aromatic heterocycles. The fourth-order valence-corrected chi connectivity index (χ4v) is 3.39. The van der Waals surface area contributed by atoms with Gasteiger partial charge in [0.1, 0.15) is 6.26 Å². The van der Waals surface area contributed by atoms with Gasteiger partial charge in [0.05, 0.1) is 29.5 Å². The molecule has 0 radical (unpaired) electrons. The number of thiazole rings is 1. The largest absolute Gasteiger partial charge is 0.444 e. The molecular formula is C19H24IN5OS. The van der Waals surface area contributed by atoms with Crippen LogP contribution in [0.15, 0.2) is 39.9 Å². The second-order valence-electron chi connectivity index (χ2n) is 6.03. The van der Waals surface area contributed by atoms with E-state index in [1.807, 2.05) is 38.1 Å². The molecule has 0 saturated carbocycles. The quantitative estimate of drug-likeness (QED) is 0.314. The lowest BCUT2D eigenvalue weighted by Crippen LogP contribution is -2.36. The van der Waals surface area contributed by atoms with Crippen molar-refractivity contribution in [2.24, 2.45) is 4.99 Å². The van der Waals surface area contributed by atoms with Crippen LogP contribution in [0.3, 0.4) is 0 Å². The van der Waals surface area contributed by atoms with E-state index in [0.29, 0.717) is 19.0 Å². The summed E-state index contributed by atoms with van der Waals surface area (Å²) >= 11 is 1.70. The second kappa shape index (κ2) is 9.84. The van der Waals surface area contributed by atoms with Crippen LogP contribution >= 0.6 is 35.3 Å². The third-order valence-electron chi connectivity index (χ3n) is 3.93. The molecule has 0 bridgehead atoms. The van der Waals surface area contributed by atoms with E-state index in [4.69, 9.17) is 4.42 Å². The van der Waals surface area contributed by atoms with Crippen molar-refractivity contribution in [2.45, 2.75) is 33.9 Å². The van der Waals surface area contributed by atoms with Crippen molar-refractivity contribution in [3.63, 3.8) is 0 Å². The number of rotatable bonds is 5. The third-order valence-corrected chi connectivity index (χ3v) is 5.00. The number of hydrogen-bond donors (Lipinski definition) is 2. The van der Waals surface area contributed by atoms with E-state index in [0.717, 1.165) is 27.9 Å². The maximum absolute atomic E-state index is 5.59. The number of aryl methyl sites for hydroxylation is 3. The molecule has 0 spiro atoms. The predicted octanol–water partition coefficient (Wildman–Crippen LogP) is 4.21. The zero-order valence-corrected chi connectivity index (χ0v) is 19.0. The van der Waals surface area contributed by atoms with E-state index in [1.54, 1.807) is 24.6 Å². The van der Waals surface area contributed by atoms with Gasteiger partial charge in [-0.1, -0.05) is 17.7 Å². The standard InChI is InChI=1S/C19H23N5OS.HI/c1-12-5-7-15(8-6-12)18-24-16(11-25-18)9-21-19(20-4)22-10-17-13(2)23-14(3)26-17;/h5-8,11H,9-10H2,1-4H3,(H2,20,21,22);1H. The van der Waals surface area contributed by atoms with Crippen LogP contribution in [-0.4, -0.2) is 23.0 Å². The summed E-state index contributed by atoms with van der Waals surface area (Å²) in [6, 6.07) is 8.12. The molecule has 0 saturated heterocycles. The summed E-state index contributed by atoms with van der Waals surface area (Å²) < 4.78 is 5.59. The lowest BCUT2D eigenvalue weighted by molar-refractivity contribution is 0.572. The van der Waals surface area contributed by atoms with E-state index in [2.05, 4.69) is 32.5 Å². The topological polar surface area (TPSA) is 75.3 Å². The van der Waals surface area contributed by atoms with Crippen molar-refractivity contribution in [2.75, 3.05) is 7.05 Å². The lowest BCUT2D eigenvalue weighted by Gasteiger charge is -2.10. The molecule has 8 heteroatoms. The summed E-state index contributed by atoms with van der Waals surface area (Å²) in [5.41, 5.74) is 4.08. The normalized spacial score (nSPS) is 11.2. The smallest absolute Gasteiger partial charge is 0.226 e. The van der Waals surface area contributed by atoms with Crippen LogP contribution in [-0.2, 0) is 13.1 Å². The molecule has 0 aliphatic carbocycles. The molecule has 0 unspecified atom stereocenters. The minimum atomic E-state index is 0. The Labute approximate surface area is 180 Å². The first-order chi connectivity index (χ1) is 12.5. The Balaban J connectivity index is 0.00000261. The van der Waals surface area contributed by atoms with Crippen molar-refractivity contribution in [1.29, 1.82) is 0 Å². The Morgan fingerprint density at radius 1 is 1.07 bits per heavy atom. The molecule has 2 heterocycles. The number of nitrogens with zero attached hydrogens (tertiary/aromatic N) is 3. The van der Waals surface area contributed by atoms with Crippen LogP contribution in [0.4, 0.5) is 0 Å². The summed E-state index contributed by atoms with van der Waals surface area (Å²) in [5, 5.41) is 7.64. The summed E-state index contributed by atoms with van der Waals surface area (Å²) in [4.78, 5) is 14.4. The minimum absolute atomic E-state index is 0. The van der Waals surface area contributed by atoms with Crippen LogP contribution < -0.4 is 10.6 Å². The molecule has 0 atom stereocenters. The van der Waals surface area contributed by atoms with E-state index in [-0.39, 0.29) is 24.0 Å². The molecule has 144 valence electrons. The molecule has 0 aliphatic rings. The maximum Gasteiger partial charge on any atom is 0.226 e. The summed E-state index contributed by atoms with van der Waals surface area (Å²) in [6.45, 7) is 7.34. The van der Waals surface area contributed by atoms with Crippen molar-refractivity contribution >= 4 is 41.3 Å².